The lowest BCUT2D eigenvalue weighted by Gasteiger charge is -2.14. The van der Waals surface area contributed by atoms with Gasteiger partial charge in [-0.05, 0) is 109 Å². The Morgan fingerprint density at radius 3 is 1.22 bits per heavy atom. The molecule has 0 aliphatic heterocycles. The van der Waals surface area contributed by atoms with E-state index in [1.807, 2.05) is 62.4 Å². The quantitative estimate of drug-likeness (QED) is 0.0878. The van der Waals surface area contributed by atoms with Crippen molar-refractivity contribution >= 4 is 58.3 Å². The summed E-state index contributed by atoms with van der Waals surface area (Å²) in [4.78, 5) is 47.8. The fourth-order valence-corrected chi connectivity index (χ4v) is 4.75. The lowest BCUT2D eigenvalue weighted by Crippen LogP contribution is -2.49. The van der Waals surface area contributed by atoms with Crippen LogP contribution in [-0.4, -0.2) is 47.1 Å². The van der Waals surface area contributed by atoms with Crippen molar-refractivity contribution in [1.82, 2.24) is 32.3 Å². The van der Waals surface area contributed by atoms with Crippen LogP contribution in [0, 0.1) is 13.8 Å². The van der Waals surface area contributed by atoms with Gasteiger partial charge in [0.25, 0.3) is 23.6 Å². The molecule has 284 valence electrons. The summed E-state index contributed by atoms with van der Waals surface area (Å²) in [5, 5.41) is 4.95. The van der Waals surface area contributed by atoms with Crippen LogP contribution >= 0.6 is 24.4 Å². The van der Waals surface area contributed by atoms with E-state index in [1.165, 1.54) is 0 Å². The Labute approximate surface area is 326 Å². The fourth-order valence-electron chi connectivity index (χ4n) is 4.47. The van der Waals surface area contributed by atoms with Crippen molar-refractivity contribution in [2.75, 3.05) is 13.2 Å². The summed E-state index contributed by atoms with van der Waals surface area (Å²) in [6, 6.07) is 29.2. The molecule has 4 rings (SSSR count). The van der Waals surface area contributed by atoms with Crippen LogP contribution < -0.4 is 41.8 Å². The summed E-state index contributed by atoms with van der Waals surface area (Å²) in [6.45, 7) is 11.9. The molecule has 0 aliphatic carbocycles. The molecule has 0 fully saturated rings. The molecular formula is C40H46N6O6S2. The van der Waals surface area contributed by atoms with Crippen LogP contribution in [0.2, 0.25) is 0 Å². The lowest BCUT2D eigenvalue weighted by molar-refractivity contribution is -0.124. The van der Waals surface area contributed by atoms with E-state index in [0.717, 1.165) is 22.3 Å². The molecule has 0 spiro atoms. The van der Waals surface area contributed by atoms with Crippen LogP contribution in [-0.2, 0) is 9.59 Å². The summed E-state index contributed by atoms with van der Waals surface area (Å²) < 4.78 is 11.2. The predicted octanol–water partition coefficient (Wildman–Crippen LogP) is 5.67. The van der Waals surface area contributed by atoms with E-state index in [-0.39, 0.29) is 35.3 Å². The van der Waals surface area contributed by atoms with Gasteiger partial charge >= 0.3 is 0 Å². The molecule has 0 aliphatic rings. The van der Waals surface area contributed by atoms with Gasteiger partial charge in [0.2, 0.25) is 0 Å². The second-order valence-electron chi connectivity index (χ2n) is 12.6. The van der Waals surface area contributed by atoms with Crippen molar-refractivity contribution < 1.29 is 28.7 Å². The highest BCUT2D eigenvalue weighted by atomic mass is 32.1. The second-order valence-corrected chi connectivity index (χ2v) is 13.4. The first kappa shape index (κ1) is 42.6. The van der Waals surface area contributed by atoms with Crippen LogP contribution in [0.4, 0.5) is 0 Å². The number of hydrogen-bond acceptors (Lipinski definition) is 8. The normalized spacial score (nSPS) is 10.2. The molecule has 4 aromatic rings. The van der Waals surface area contributed by atoms with Gasteiger partial charge in [-0.3, -0.25) is 51.5 Å². The van der Waals surface area contributed by atoms with Crippen LogP contribution in [0.1, 0.15) is 82.5 Å². The Balaban J connectivity index is 0.000000290. The van der Waals surface area contributed by atoms with Gasteiger partial charge in [0.05, 0.1) is 0 Å². The maximum Gasteiger partial charge on any atom is 0.276 e. The molecule has 0 aromatic heterocycles. The zero-order valence-electron chi connectivity index (χ0n) is 31.1. The number of rotatable bonds is 10. The van der Waals surface area contributed by atoms with E-state index in [4.69, 9.17) is 33.9 Å². The van der Waals surface area contributed by atoms with E-state index >= 15 is 0 Å². The number of carbonyl (C=O) groups excluding carboxylic acids is 4. The molecule has 54 heavy (non-hydrogen) atoms. The Morgan fingerprint density at radius 2 is 0.889 bits per heavy atom. The second kappa shape index (κ2) is 21.6. The molecule has 0 atom stereocenters. The van der Waals surface area contributed by atoms with Gasteiger partial charge < -0.3 is 9.47 Å². The minimum atomic E-state index is -0.416. The van der Waals surface area contributed by atoms with Crippen LogP contribution in [0.25, 0.3) is 0 Å². The van der Waals surface area contributed by atoms with Gasteiger partial charge in [-0.2, -0.15) is 0 Å². The number of amides is 4. The molecule has 6 N–H and O–H groups in total. The lowest BCUT2D eigenvalue weighted by atomic mass is 10.0. The van der Waals surface area contributed by atoms with Crippen molar-refractivity contribution in [3.63, 3.8) is 0 Å². The molecule has 0 saturated heterocycles. The third-order valence-electron chi connectivity index (χ3n) is 7.63. The summed E-state index contributed by atoms with van der Waals surface area (Å²) in [5.41, 5.74) is 14.9. The molecular weight excluding hydrogens is 725 g/mol. The first-order valence-electron chi connectivity index (χ1n) is 17.1. The minimum absolute atomic E-state index is 0.00445. The number of benzene rings is 4. The van der Waals surface area contributed by atoms with Gasteiger partial charge in [-0.25, -0.2) is 0 Å². The Morgan fingerprint density at radius 1 is 0.537 bits per heavy atom. The Bertz CT molecular complexity index is 1780. The van der Waals surface area contributed by atoms with Crippen molar-refractivity contribution in [2.45, 2.75) is 53.4 Å². The van der Waals surface area contributed by atoms with Crippen molar-refractivity contribution in [1.29, 1.82) is 0 Å². The molecule has 4 amide bonds. The molecule has 0 heterocycles. The maximum atomic E-state index is 12.0. The molecule has 14 heteroatoms. The van der Waals surface area contributed by atoms with Gasteiger partial charge in [-0.15, -0.1) is 0 Å². The third-order valence-corrected chi connectivity index (χ3v) is 8.04. The largest absolute Gasteiger partial charge is 0.483 e. The molecule has 0 unspecified atom stereocenters. The number of hydrogen-bond donors (Lipinski definition) is 6. The highest BCUT2D eigenvalue weighted by Gasteiger charge is 2.12. The Kier molecular flexibility index (Phi) is 17.0. The monoisotopic (exact) mass is 770 g/mol. The number of ether oxygens (including phenoxy) is 2. The minimum Gasteiger partial charge on any atom is -0.483 e. The van der Waals surface area contributed by atoms with Crippen molar-refractivity contribution in [2.24, 2.45) is 0 Å². The fraction of sp³-hybridized carbons (Fsp3) is 0.250. The molecule has 0 radical (unpaired) electrons. The highest BCUT2D eigenvalue weighted by Crippen LogP contribution is 2.25. The summed E-state index contributed by atoms with van der Waals surface area (Å²) in [5.74, 6) is 0.511. The van der Waals surface area contributed by atoms with E-state index in [1.54, 1.807) is 48.5 Å². The van der Waals surface area contributed by atoms with Crippen LogP contribution in [0.3, 0.4) is 0 Å². The average Bonchev–Trinajstić information content (AvgIpc) is 3.16. The number of thiocarbonyl (C=S) groups is 2. The third kappa shape index (κ3) is 14.6. The maximum absolute atomic E-state index is 12.0. The van der Waals surface area contributed by atoms with Crippen molar-refractivity contribution in [3.8, 4) is 11.5 Å². The smallest absolute Gasteiger partial charge is 0.276 e. The molecule has 4 aromatic carbocycles. The van der Waals surface area contributed by atoms with E-state index in [0.29, 0.717) is 34.5 Å². The topological polar surface area (TPSA) is 159 Å². The molecule has 0 bridgehead atoms. The van der Waals surface area contributed by atoms with Gasteiger partial charge in [0, 0.05) is 11.1 Å². The van der Waals surface area contributed by atoms with E-state index in [9.17, 15) is 19.2 Å². The van der Waals surface area contributed by atoms with Crippen LogP contribution in [0.15, 0.2) is 97.1 Å². The number of carbonyl (C=O) groups is 4. The number of hydrazine groups is 2. The Hall–Kier alpha value is -5.86. The molecule has 12 nitrogen and oxygen atoms in total. The molecule has 0 saturated carbocycles. The van der Waals surface area contributed by atoms with Gasteiger partial charge in [0.1, 0.15) is 11.5 Å². The summed E-state index contributed by atoms with van der Waals surface area (Å²) in [7, 11) is 0. The zero-order valence-corrected chi connectivity index (χ0v) is 32.7. The number of nitrogens with one attached hydrogen (secondary N) is 6. The first-order chi connectivity index (χ1) is 25.7. The van der Waals surface area contributed by atoms with Crippen molar-refractivity contribution in [3.05, 3.63) is 130 Å². The first-order valence-corrected chi connectivity index (χ1v) is 17.9. The SMILES string of the molecule is Cc1ccc(C(C)C)cc1OCC(=O)NNC(=S)NC(=O)c1ccccc1.Cc1ccc(C(C)C)cc1OCC(=O)NNC(=S)NC(=O)c1ccccc1. The number of aryl methyl sites for hydroxylation is 2. The zero-order chi connectivity index (χ0) is 39.6. The van der Waals surface area contributed by atoms with E-state index < -0.39 is 11.8 Å². The summed E-state index contributed by atoms with van der Waals surface area (Å²) >= 11 is 9.99. The average molecular weight is 771 g/mol. The van der Waals surface area contributed by atoms with Gasteiger partial charge in [-0.1, -0.05) is 88.4 Å². The standard InChI is InChI=1S/2C20H23N3O3S/c2*1-13(2)16-10-9-14(3)17(11-16)26-12-18(24)22-23-20(27)21-19(25)15-7-5-4-6-8-15/h2*4-11,13H,12H2,1-3H3,(H,22,24)(H2,21,23,25,27). The predicted molar refractivity (Wildman–Crippen MR) is 217 cm³/mol. The van der Waals surface area contributed by atoms with Crippen LogP contribution in [0.5, 0.6) is 11.5 Å². The highest BCUT2D eigenvalue weighted by molar-refractivity contribution is 7.80. The van der Waals surface area contributed by atoms with E-state index in [2.05, 4.69) is 60.0 Å². The summed E-state index contributed by atoms with van der Waals surface area (Å²) in [6.07, 6.45) is 0. The van der Waals surface area contributed by atoms with Gasteiger partial charge in [0.15, 0.2) is 23.4 Å².